The van der Waals surface area contributed by atoms with Crippen molar-refractivity contribution in [2.24, 2.45) is 0 Å². The van der Waals surface area contributed by atoms with Crippen LogP contribution in [0.5, 0.6) is 0 Å². The first-order chi connectivity index (χ1) is 7.83. The van der Waals surface area contributed by atoms with Gasteiger partial charge in [-0.3, -0.25) is 0 Å². The Morgan fingerprint density at radius 1 is 1.38 bits per heavy atom. The summed E-state index contributed by atoms with van der Waals surface area (Å²) < 4.78 is 2.04. The highest BCUT2D eigenvalue weighted by Gasteiger charge is 2.25. The van der Waals surface area contributed by atoms with Crippen molar-refractivity contribution in [3.8, 4) is 0 Å². The highest BCUT2D eigenvalue weighted by Crippen LogP contribution is 2.43. The van der Waals surface area contributed by atoms with Crippen LogP contribution in [0.15, 0.2) is 36.9 Å². The van der Waals surface area contributed by atoms with Crippen molar-refractivity contribution >= 4 is 11.6 Å². The van der Waals surface area contributed by atoms with Gasteiger partial charge in [0.05, 0.1) is 6.33 Å². The molecule has 0 N–H and O–H groups in total. The van der Waals surface area contributed by atoms with Gasteiger partial charge in [0.25, 0.3) is 0 Å². The molecular weight excluding hydrogens is 220 g/mol. The van der Waals surface area contributed by atoms with E-state index in [0.29, 0.717) is 0 Å². The fraction of sp³-hybridized carbons (Fsp3) is 0.308. The molecule has 3 heteroatoms. The molecule has 0 bridgehead atoms. The topological polar surface area (TPSA) is 17.8 Å². The van der Waals surface area contributed by atoms with Gasteiger partial charge in [0.2, 0.25) is 0 Å². The molecule has 82 valence electrons. The van der Waals surface area contributed by atoms with E-state index < -0.39 is 0 Å². The van der Waals surface area contributed by atoms with Crippen LogP contribution in [-0.2, 0) is 6.54 Å². The van der Waals surface area contributed by atoms with Gasteiger partial charge in [-0.25, -0.2) is 4.98 Å². The van der Waals surface area contributed by atoms with Gasteiger partial charge in [0.1, 0.15) is 0 Å². The van der Waals surface area contributed by atoms with Crippen molar-refractivity contribution in [3.05, 3.63) is 53.1 Å². The molecule has 1 aliphatic rings. The molecule has 3 rings (SSSR count). The second kappa shape index (κ2) is 3.95. The van der Waals surface area contributed by atoms with Crippen LogP contribution in [-0.4, -0.2) is 9.55 Å². The monoisotopic (exact) mass is 232 g/mol. The predicted molar refractivity (Wildman–Crippen MR) is 64.8 cm³/mol. The van der Waals surface area contributed by atoms with E-state index >= 15 is 0 Å². The normalized spacial score (nSPS) is 15.3. The van der Waals surface area contributed by atoms with Gasteiger partial charge < -0.3 is 4.57 Å². The molecule has 1 aliphatic carbocycles. The van der Waals surface area contributed by atoms with Crippen LogP contribution in [0.1, 0.15) is 29.9 Å². The molecule has 0 amide bonds. The average molecular weight is 233 g/mol. The Labute approximate surface area is 99.9 Å². The molecule has 1 aromatic heterocycles. The van der Waals surface area contributed by atoms with Gasteiger partial charge in [0.15, 0.2) is 0 Å². The smallest absolute Gasteiger partial charge is 0.0949 e. The molecule has 0 atom stereocenters. The maximum Gasteiger partial charge on any atom is 0.0949 e. The van der Waals surface area contributed by atoms with Crippen molar-refractivity contribution < 1.29 is 0 Å². The van der Waals surface area contributed by atoms with E-state index in [1.165, 1.54) is 24.0 Å². The van der Waals surface area contributed by atoms with Crippen molar-refractivity contribution in [2.75, 3.05) is 0 Å². The average Bonchev–Trinajstić information content (AvgIpc) is 2.97. The van der Waals surface area contributed by atoms with Crippen molar-refractivity contribution in [2.45, 2.75) is 25.3 Å². The number of hydrogen-bond acceptors (Lipinski definition) is 1. The SMILES string of the molecule is Clc1cc(Cn2ccnc2)ccc1C1CC1. The summed E-state index contributed by atoms with van der Waals surface area (Å²) in [4.78, 5) is 4.03. The number of hydrogen-bond donors (Lipinski definition) is 0. The van der Waals surface area contributed by atoms with Crippen LogP contribution >= 0.6 is 11.6 Å². The molecule has 1 fully saturated rings. The molecule has 1 heterocycles. The Hall–Kier alpha value is -1.28. The summed E-state index contributed by atoms with van der Waals surface area (Å²) in [6.45, 7) is 0.838. The first-order valence-electron chi connectivity index (χ1n) is 5.57. The molecule has 1 saturated carbocycles. The number of halogens is 1. The minimum Gasteiger partial charge on any atom is -0.333 e. The molecule has 1 aromatic carbocycles. The lowest BCUT2D eigenvalue weighted by molar-refractivity contribution is 0.796. The standard InChI is InChI=1S/C13H13ClN2/c14-13-7-10(8-16-6-5-15-9-16)1-4-12(13)11-2-3-11/h1,4-7,9,11H,2-3,8H2. The lowest BCUT2D eigenvalue weighted by atomic mass is 10.1. The summed E-state index contributed by atoms with van der Waals surface area (Å²) >= 11 is 6.28. The molecule has 0 aliphatic heterocycles. The number of rotatable bonds is 3. The van der Waals surface area contributed by atoms with Crippen LogP contribution in [0, 0.1) is 0 Å². The molecule has 0 spiro atoms. The van der Waals surface area contributed by atoms with E-state index in [1.807, 2.05) is 17.1 Å². The molecule has 16 heavy (non-hydrogen) atoms. The van der Waals surface area contributed by atoms with Crippen LogP contribution in [0.4, 0.5) is 0 Å². The Bertz CT molecular complexity index is 487. The van der Waals surface area contributed by atoms with Gasteiger partial charge >= 0.3 is 0 Å². The summed E-state index contributed by atoms with van der Waals surface area (Å²) in [5.41, 5.74) is 2.54. The maximum atomic E-state index is 6.28. The third kappa shape index (κ3) is 1.98. The second-order valence-electron chi connectivity index (χ2n) is 4.37. The van der Waals surface area contributed by atoms with Crippen LogP contribution < -0.4 is 0 Å². The first kappa shape index (κ1) is 9.91. The van der Waals surface area contributed by atoms with E-state index in [1.54, 1.807) is 6.20 Å². The van der Waals surface area contributed by atoms with E-state index in [-0.39, 0.29) is 0 Å². The second-order valence-corrected chi connectivity index (χ2v) is 4.77. The fourth-order valence-electron chi connectivity index (χ4n) is 1.99. The summed E-state index contributed by atoms with van der Waals surface area (Å²) in [6.07, 6.45) is 8.16. The van der Waals surface area contributed by atoms with Crippen molar-refractivity contribution in [1.29, 1.82) is 0 Å². The van der Waals surface area contributed by atoms with Crippen molar-refractivity contribution in [1.82, 2.24) is 9.55 Å². The molecule has 0 saturated heterocycles. The summed E-state index contributed by atoms with van der Waals surface area (Å²) in [5, 5.41) is 0.917. The summed E-state index contributed by atoms with van der Waals surface area (Å²) in [5.74, 6) is 0.717. The first-order valence-corrected chi connectivity index (χ1v) is 5.95. The van der Waals surface area contributed by atoms with E-state index in [0.717, 1.165) is 17.5 Å². The summed E-state index contributed by atoms with van der Waals surface area (Å²) in [7, 11) is 0. The number of aromatic nitrogens is 2. The minimum absolute atomic E-state index is 0.717. The fourth-order valence-corrected chi connectivity index (χ4v) is 2.34. The van der Waals surface area contributed by atoms with E-state index in [9.17, 15) is 0 Å². The van der Waals surface area contributed by atoms with Crippen molar-refractivity contribution in [3.63, 3.8) is 0 Å². The van der Waals surface area contributed by atoms with E-state index in [4.69, 9.17) is 11.6 Å². The maximum absolute atomic E-state index is 6.28. The highest BCUT2D eigenvalue weighted by molar-refractivity contribution is 6.31. The third-order valence-corrected chi connectivity index (χ3v) is 3.33. The zero-order valence-electron chi connectivity index (χ0n) is 8.94. The predicted octanol–water partition coefficient (Wildman–Crippen LogP) is 3.46. The quantitative estimate of drug-likeness (QED) is 0.793. The Kier molecular flexibility index (Phi) is 2.44. The van der Waals surface area contributed by atoms with Gasteiger partial charge in [-0.05, 0) is 36.0 Å². The Balaban J connectivity index is 1.83. The highest BCUT2D eigenvalue weighted by atomic mass is 35.5. The number of nitrogens with zero attached hydrogens (tertiary/aromatic N) is 2. The number of benzene rings is 1. The molecule has 0 unspecified atom stereocenters. The van der Waals surface area contributed by atoms with Gasteiger partial charge in [-0.2, -0.15) is 0 Å². The number of imidazole rings is 1. The lowest BCUT2D eigenvalue weighted by Crippen LogP contribution is -1.96. The Morgan fingerprint density at radius 3 is 2.88 bits per heavy atom. The third-order valence-electron chi connectivity index (χ3n) is 3.01. The van der Waals surface area contributed by atoms with Crippen LogP contribution in [0.25, 0.3) is 0 Å². The Morgan fingerprint density at radius 2 is 2.25 bits per heavy atom. The van der Waals surface area contributed by atoms with Crippen LogP contribution in [0.3, 0.4) is 0 Å². The van der Waals surface area contributed by atoms with Gasteiger partial charge in [-0.1, -0.05) is 23.7 Å². The molecular formula is C13H13ClN2. The molecule has 2 nitrogen and oxygen atoms in total. The molecule has 2 aromatic rings. The van der Waals surface area contributed by atoms with Crippen LogP contribution in [0.2, 0.25) is 5.02 Å². The van der Waals surface area contributed by atoms with Gasteiger partial charge in [-0.15, -0.1) is 0 Å². The largest absolute Gasteiger partial charge is 0.333 e. The van der Waals surface area contributed by atoms with Gasteiger partial charge in [0, 0.05) is 24.0 Å². The lowest BCUT2D eigenvalue weighted by Gasteiger charge is -2.06. The van der Waals surface area contributed by atoms with E-state index in [2.05, 4.69) is 23.2 Å². The summed E-state index contributed by atoms with van der Waals surface area (Å²) in [6, 6.07) is 6.42. The zero-order valence-corrected chi connectivity index (χ0v) is 9.69. The zero-order chi connectivity index (χ0) is 11.0. The minimum atomic E-state index is 0.717. The molecule has 0 radical (unpaired) electrons.